The third kappa shape index (κ3) is 4.82. The highest BCUT2D eigenvalue weighted by molar-refractivity contribution is 5.97. The molecule has 0 radical (unpaired) electrons. The number of amides is 1. The van der Waals surface area contributed by atoms with E-state index in [1.54, 1.807) is 12.1 Å². The first-order valence-electron chi connectivity index (χ1n) is 11.9. The lowest BCUT2D eigenvalue weighted by molar-refractivity contribution is 0.0662. The van der Waals surface area contributed by atoms with Gasteiger partial charge in [-0.15, -0.1) is 5.10 Å². The van der Waals surface area contributed by atoms with E-state index in [2.05, 4.69) is 17.4 Å². The molecular formula is C28H29N3O3. The molecule has 0 spiro atoms. The van der Waals surface area contributed by atoms with E-state index in [4.69, 9.17) is 9.84 Å². The fraction of sp³-hybridized carbons (Fsp3) is 0.286. The summed E-state index contributed by atoms with van der Waals surface area (Å²) < 4.78 is 8.16. The molecule has 1 heterocycles. The van der Waals surface area contributed by atoms with Crippen LogP contribution in [0.5, 0.6) is 11.6 Å². The molecule has 2 N–H and O–H groups in total. The number of aliphatic hydroxyl groups is 1. The molecule has 2 unspecified atom stereocenters. The van der Waals surface area contributed by atoms with Crippen LogP contribution in [-0.4, -0.2) is 33.4 Å². The summed E-state index contributed by atoms with van der Waals surface area (Å²) in [5.74, 6) is 0.818. The molecule has 6 heteroatoms. The van der Waals surface area contributed by atoms with Crippen LogP contribution in [0.3, 0.4) is 0 Å². The maximum atomic E-state index is 13.0. The number of nitrogens with one attached hydrogen (secondary N) is 1. The summed E-state index contributed by atoms with van der Waals surface area (Å²) >= 11 is 0. The molecule has 4 aromatic rings. The standard InChI is InChI=1S/C28H29N3O3/c32-25-16-8-4-12-21(25)18-29-27(33)23-14-6-9-17-26(23)34-28-22-13-5-7-15-24(22)31(30-28)19-20-10-2-1-3-11-20/h1-3,5-7,9-11,13-15,17,21,25,32H,4,8,12,16,18-19H2,(H,29,33). The number of para-hydroxylation sites is 2. The lowest BCUT2D eigenvalue weighted by Crippen LogP contribution is -2.36. The van der Waals surface area contributed by atoms with Crippen LogP contribution in [0.1, 0.15) is 41.6 Å². The molecule has 3 aromatic carbocycles. The smallest absolute Gasteiger partial charge is 0.255 e. The zero-order valence-corrected chi connectivity index (χ0v) is 19.1. The van der Waals surface area contributed by atoms with Crippen LogP contribution in [0.4, 0.5) is 0 Å². The number of carbonyl (C=O) groups excluding carboxylic acids is 1. The topological polar surface area (TPSA) is 76.4 Å². The van der Waals surface area contributed by atoms with Crippen LogP contribution >= 0.6 is 0 Å². The van der Waals surface area contributed by atoms with Gasteiger partial charge in [0.1, 0.15) is 5.75 Å². The zero-order chi connectivity index (χ0) is 23.3. The number of aromatic nitrogens is 2. The summed E-state index contributed by atoms with van der Waals surface area (Å²) in [6.07, 6.45) is 3.53. The van der Waals surface area contributed by atoms with E-state index in [1.807, 2.05) is 59.3 Å². The monoisotopic (exact) mass is 455 g/mol. The SMILES string of the molecule is O=C(NCC1CCCCC1O)c1ccccc1Oc1nn(Cc2ccccc2)c2ccccc12. The van der Waals surface area contributed by atoms with Crippen LogP contribution in [0, 0.1) is 5.92 Å². The number of nitrogens with zero attached hydrogens (tertiary/aromatic N) is 2. The predicted octanol–water partition coefficient (Wildman–Crippen LogP) is 5.16. The van der Waals surface area contributed by atoms with E-state index in [-0.39, 0.29) is 17.9 Å². The highest BCUT2D eigenvalue weighted by atomic mass is 16.5. The van der Waals surface area contributed by atoms with E-state index < -0.39 is 0 Å². The van der Waals surface area contributed by atoms with Gasteiger partial charge in [0.15, 0.2) is 0 Å². The van der Waals surface area contributed by atoms with Crippen LogP contribution in [-0.2, 0) is 6.54 Å². The maximum Gasteiger partial charge on any atom is 0.255 e. The van der Waals surface area contributed by atoms with Crippen molar-refractivity contribution in [1.29, 1.82) is 0 Å². The van der Waals surface area contributed by atoms with E-state index in [0.29, 0.717) is 30.3 Å². The molecule has 6 nitrogen and oxygen atoms in total. The van der Waals surface area contributed by atoms with Gasteiger partial charge in [0, 0.05) is 12.5 Å². The van der Waals surface area contributed by atoms with Crippen molar-refractivity contribution in [3.05, 3.63) is 90.0 Å². The summed E-state index contributed by atoms with van der Waals surface area (Å²) in [6.45, 7) is 1.08. The minimum Gasteiger partial charge on any atom is -0.436 e. The molecule has 0 saturated heterocycles. The largest absolute Gasteiger partial charge is 0.436 e. The van der Waals surface area contributed by atoms with Crippen LogP contribution < -0.4 is 10.1 Å². The van der Waals surface area contributed by atoms with Gasteiger partial charge in [-0.05, 0) is 42.7 Å². The van der Waals surface area contributed by atoms with Crippen molar-refractivity contribution in [3.8, 4) is 11.6 Å². The Kier molecular flexibility index (Phi) is 6.58. The number of benzene rings is 3. The van der Waals surface area contributed by atoms with E-state index in [1.165, 1.54) is 0 Å². The molecule has 34 heavy (non-hydrogen) atoms. The molecule has 1 aromatic heterocycles. The third-order valence-corrected chi connectivity index (χ3v) is 6.53. The van der Waals surface area contributed by atoms with Crippen molar-refractivity contribution in [2.45, 2.75) is 38.3 Å². The molecule has 174 valence electrons. The van der Waals surface area contributed by atoms with Crippen molar-refractivity contribution in [2.75, 3.05) is 6.54 Å². The Morgan fingerprint density at radius 1 is 0.971 bits per heavy atom. The van der Waals surface area contributed by atoms with Gasteiger partial charge in [-0.3, -0.25) is 9.48 Å². The Morgan fingerprint density at radius 2 is 1.71 bits per heavy atom. The first kappa shape index (κ1) is 22.2. The van der Waals surface area contributed by atoms with Crippen molar-refractivity contribution in [2.24, 2.45) is 5.92 Å². The average molecular weight is 456 g/mol. The third-order valence-electron chi connectivity index (χ3n) is 6.53. The Morgan fingerprint density at radius 3 is 2.56 bits per heavy atom. The first-order chi connectivity index (χ1) is 16.7. The van der Waals surface area contributed by atoms with Crippen molar-refractivity contribution in [1.82, 2.24) is 15.1 Å². The summed E-state index contributed by atoms with van der Waals surface area (Å²) in [6, 6.07) is 25.3. The molecule has 1 fully saturated rings. The van der Waals surface area contributed by atoms with Gasteiger partial charge in [-0.2, -0.15) is 0 Å². The summed E-state index contributed by atoms with van der Waals surface area (Å²) in [5, 5.41) is 18.8. The molecule has 1 amide bonds. The van der Waals surface area contributed by atoms with Crippen LogP contribution in [0.15, 0.2) is 78.9 Å². The maximum absolute atomic E-state index is 13.0. The molecular weight excluding hydrogens is 426 g/mol. The second-order valence-electron chi connectivity index (χ2n) is 8.89. The Hall–Kier alpha value is -3.64. The molecule has 2 atom stereocenters. The highest BCUT2D eigenvalue weighted by Crippen LogP contribution is 2.31. The fourth-order valence-electron chi connectivity index (χ4n) is 4.64. The normalized spacial score (nSPS) is 18.0. The average Bonchev–Trinajstić information content (AvgIpc) is 3.21. The number of carbonyl (C=O) groups is 1. The van der Waals surface area contributed by atoms with Gasteiger partial charge in [0.05, 0.1) is 29.1 Å². The number of hydrogen-bond acceptors (Lipinski definition) is 4. The lowest BCUT2D eigenvalue weighted by Gasteiger charge is -2.27. The van der Waals surface area contributed by atoms with Crippen LogP contribution in [0.2, 0.25) is 0 Å². The van der Waals surface area contributed by atoms with Gasteiger partial charge >= 0.3 is 0 Å². The molecule has 5 rings (SSSR count). The van der Waals surface area contributed by atoms with Gasteiger partial charge < -0.3 is 15.2 Å². The second-order valence-corrected chi connectivity index (χ2v) is 8.89. The van der Waals surface area contributed by atoms with Gasteiger partial charge in [-0.25, -0.2) is 0 Å². The number of rotatable bonds is 7. The first-order valence-corrected chi connectivity index (χ1v) is 11.9. The van der Waals surface area contributed by atoms with Gasteiger partial charge in [-0.1, -0.05) is 67.4 Å². The number of hydrogen-bond donors (Lipinski definition) is 2. The van der Waals surface area contributed by atoms with E-state index >= 15 is 0 Å². The Labute approximate surface area is 199 Å². The molecule has 0 aliphatic heterocycles. The van der Waals surface area contributed by atoms with E-state index in [9.17, 15) is 9.90 Å². The lowest BCUT2D eigenvalue weighted by atomic mass is 9.86. The van der Waals surface area contributed by atoms with Crippen molar-refractivity contribution >= 4 is 16.8 Å². The summed E-state index contributed by atoms with van der Waals surface area (Å²) in [5.41, 5.74) is 2.57. The minimum absolute atomic E-state index is 0.100. The van der Waals surface area contributed by atoms with Gasteiger partial charge in [0.2, 0.25) is 5.88 Å². The molecule has 1 saturated carbocycles. The fourth-order valence-corrected chi connectivity index (χ4v) is 4.64. The summed E-state index contributed by atoms with van der Waals surface area (Å²) in [4.78, 5) is 13.0. The quantitative estimate of drug-likeness (QED) is 0.404. The van der Waals surface area contributed by atoms with Crippen molar-refractivity contribution in [3.63, 3.8) is 0 Å². The highest BCUT2D eigenvalue weighted by Gasteiger charge is 2.24. The number of aliphatic hydroxyl groups excluding tert-OH is 1. The zero-order valence-electron chi connectivity index (χ0n) is 19.1. The molecule has 1 aliphatic rings. The van der Waals surface area contributed by atoms with Crippen LogP contribution in [0.25, 0.3) is 10.9 Å². The van der Waals surface area contributed by atoms with Gasteiger partial charge in [0.25, 0.3) is 5.91 Å². The number of fused-ring (bicyclic) bond motifs is 1. The number of ether oxygens (including phenoxy) is 1. The molecule has 1 aliphatic carbocycles. The molecule has 0 bridgehead atoms. The van der Waals surface area contributed by atoms with E-state index in [0.717, 1.165) is 42.1 Å². The summed E-state index contributed by atoms with van der Waals surface area (Å²) in [7, 11) is 0. The Bertz CT molecular complexity index is 1270. The van der Waals surface area contributed by atoms with Crippen molar-refractivity contribution < 1.29 is 14.6 Å². The Balaban J connectivity index is 1.38. The predicted molar refractivity (Wildman–Crippen MR) is 132 cm³/mol. The second kappa shape index (κ2) is 10.1. The minimum atomic E-state index is -0.347.